The maximum Gasteiger partial charge on any atom is 0.405 e. The smallest absolute Gasteiger partial charge is 0.382 e. The third-order valence-corrected chi connectivity index (χ3v) is 6.55. The summed E-state index contributed by atoms with van der Waals surface area (Å²) in [5, 5.41) is 2.11. The molecule has 0 saturated heterocycles. The Morgan fingerprint density at radius 3 is 2.56 bits per heavy atom. The largest absolute Gasteiger partial charge is 0.405 e. The van der Waals surface area contributed by atoms with E-state index >= 15 is 4.39 Å². The number of rotatable bonds is 2. The number of anilines is 4. The van der Waals surface area contributed by atoms with Crippen LogP contribution in [0, 0.1) is 23.1 Å². The normalized spacial score (nSPS) is 16.6. The number of nitrogen functional groups attached to an aromatic ring is 1. The molecule has 1 aromatic heterocycles. The first kappa shape index (κ1) is 22.3. The number of alkyl halides is 3. The molecular formula is C25H23F4N5. The predicted molar refractivity (Wildman–Crippen MR) is 125 cm³/mol. The lowest BCUT2D eigenvalue weighted by atomic mass is 9.95. The zero-order chi connectivity index (χ0) is 24.3. The van der Waals surface area contributed by atoms with Crippen LogP contribution in [0.3, 0.4) is 0 Å². The number of fused-ring (bicyclic) bond motifs is 2. The van der Waals surface area contributed by atoms with Crippen molar-refractivity contribution in [1.82, 2.24) is 4.98 Å². The summed E-state index contributed by atoms with van der Waals surface area (Å²) >= 11 is 0. The zero-order valence-electron chi connectivity index (χ0n) is 18.5. The molecule has 9 heteroatoms. The highest BCUT2D eigenvalue weighted by molar-refractivity contribution is 6.05. The van der Waals surface area contributed by atoms with Gasteiger partial charge in [-0.25, -0.2) is 15.2 Å². The van der Waals surface area contributed by atoms with Gasteiger partial charge in [0.1, 0.15) is 22.7 Å². The molecule has 0 bridgehead atoms. The standard InChI is InChI=1S/C25H23F4N5/c1-33(31)21-17-6-3-8-18(26)20(17)23(32-22(21)30)34-14-4-7-16-15(5-2-9-19(16)34)10-11-24(12-13-24)25(27,28)29/h2-3,5-6,8-9H,4,7,12-14,31H2,1H3,(H2,30,32). The van der Waals surface area contributed by atoms with Crippen molar-refractivity contribution in [3.05, 3.63) is 53.3 Å². The number of aromatic nitrogens is 1. The third kappa shape index (κ3) is 3.49. The van der Waals surface area contributed by atoms with Crippen molar-refractivity contribution in [3.8, 4) is 11.8 Å². The summed E-state index contributed by atoms with van der Waals surface area (Å²) in [5.74, 6) is 11.3. The topological polar surface area (TPSA) is 71.4 Å². The first-order chi connectivity index (χ1) is 16.1. The number of benzene rings is 2. The summed E-state index contributed by atoms with van der Waals surface area (Å²) in [6.07, 6.45) is -2.93. The van der Waals surface area contributed by atoms with Gasteiger partial charge in [0.15, 0.2) is 5.82 Å². The van der Waals surface area contributed by atoms with Crippen molar-refractivity contribution in [2.75, 3.05) is 29.2 Å². The number of nitrogens with two attached hydrogens (primary N) is 2. The summed E-state index contributed by atoms with van der Waals surface area (Å²) in [6.45, 7) is 0.546. The Kier molecular flexibility index (Phi) is 5.10. The number of nitrogens with zero attached hydrogens (tertiary/aromatic N) is 3. The van der Waals surface area contributed by atoms with Crippen LogP contribution in [-0.4, -0.2) is 24.8 Å². The second-order valence-electron chi connectivity index (χ2n) is 8.83. The number of pyridine rings is 1. The van der Waals surface area contributed by atoms with Crippen LogP contribution in [0.2, 0.25) is 0 Å². The van der Waals surface area contributed by atoms with Gasteiger partial charge in [-0.2, -0.15) is 13.2 Å². The van der Waals surface area contributed by atoms with E-state index in [0.717, 1.165) is 11.3 Å². The second-order valence-corrected chi connectivity index (χ2v) is 8.83. The van der Waals surface area contributed by atoms with E-state index in [1.165, 1.54) is 11.1 Å². The monoisotopic (exact) mass is 469 g/mol. The van der Waals surface area contributed by atoms with Crippen molar-refractivity contribution in [3.63, 3.8) is 0 Å². The molecule has 0 atom stereocenters. The molecule has 1 fully saturated rings. The highest BCUT2D eigenvalue weighted by Gasteiger charge is 2.62. The summed E-state index contributed by atoms with van der Waals surface area (Å²) in [7, 11) is 1.60. The van der Waals surface area contributed by atoms with Gasteiger partial charge in [-0.05, 0) is 49.4 Å². The fourth-order valence-corrected chi connectivity index (χ4v) is 4.63. The average Bonchev–Trinajstić information content (AvgIpc) is 3.58. The van der Waals surface area contributed by atoms with E-state index in [2.05, 4.69) is 16.8 Å². The molecule has 1 aliphatic carbocycles. The van der Waals surface area contributed by atoms with Crippen molar-refractivity contribution in [2.24, 2.45) is 11.3 Å². The Balaban J connectivity index is 1.66. The van der Waals surface area contributed by atoms with Crippen LogP contribution < -0.4 is 21.5 Å². The number of hydrogen-bond donors (Lipinski definition) is 2. The molecule has 0 radical (unpaired) electrons. The number of hydrazine groups is 1. The number of hydrogen-bond acceptors (Lipinski definition) is 5. The van der Waals surface area contributed by atoms with E-state index in [4.69, 9.17) is 11.6 Å². The molecule has 3 aromatic rings. The summed E-state index contributed by atoms with van der Waals surface area (Å²) in [5.41, 5.74) is 6.85. The van der Waals surface area contributed by atoms with Gasteiger partial charge in [0.25, 0.3) is 0 Å². The Hall–Kier alpha value is -3.51. The first-order valence-corrected chi connectivity index (χ1v) is 11.0. The van der Waals surface area contributed by atoms with E-state index in [0.29, 0.717) is 41.8 Å². The zero-order valence-corrected chi connectivity index (χ0v) is 18.5. The molecule has 2 aromatic carbocycles. The van der Waals surface area contributed by atoms with Crippen LogP contribution >= 0.6 is 0 Å². The van der Waals surface area contributed by atoms with Crippen LogP contribution in [-0.2, 0) is 6.42 Å². The molecule has 4 N–H and O–H groups in total. The van der Waals surface area contributed by atoms with Crippen molar-refractivity contribution < 1.29 is 17.6 Å². The number of halogens is 4. The molecule has 34 heavy (non-hydrogen) atoms. The Morgan fingerprint density at radius 1 is 1.15 bits per heavy atom. The van der Waals surface area contributed by atoms with Gasteiger partial charge in [0.2, 0.25) is 0 Å². The lowest BCUT2D eigenvalue weighted by Gasteiger charge is -2.33. The molecule has 0 spiro atoms. The predicted octanol–water partition coefficient (Wildman–Crippen LogP) is 5.04. The van der Waals surface area contributed by atoms with Gasteiger partial charge in [-0.3, -0.25) is 0 Å². The maximum absolute atomic E-state index is 15.1. The van der Waals surface area contributed by atoms with Gasteiger partial charge in [0.05, 0.1) is 5.39 Å². The van der Waals surface area contributed by atoms with E-state index in [1.54, 1.807) is 31.3 Å². The highest BCUT2D eigenvalue weighted by atomic mass is 19.4. The average molecular weight is 469 g/mol. The Morgan fingerprint density at radius 2 is 1.88 bits per heavy atom. The van der Waals surface area contributed by atoms with Crippen molar-refractivity contribution in [1.29, 1.82) is 0 Å². The third-order valence-electron chi connectivity index (χ3n) is 6.55. The Bertz CT molecular complexity index is 1350. The molecule has 176 valence electrons. The lowest BCUT2D eigenvalue weighted by Crippen LogP contribution is -2.29. The molecule has 0 unspecified atom stereocenters. The summed E-state index contributed by atoms with van der Waals surface area (Å²) in [4.78, 5) is 6.38. The molecule has 1 aliphatic heterocycles. The van der Waals surface area contributed by atoms with E-state index < -0.39 is 17.4 Å². The summed E-state index contributed by atoms with van der Waals surface area (Å²) in [6, 6.07) is 10.00. The molecule has 0 amide bonds. The Labute approximate surface area is 194 Å². The van der Waals surface area contributed by atoms with Gasteiger partial charge in [-0.1, -0.05) is 30.0 Å². The highest BCUT2D eigenvalue weighted by Crippen LogP contribution is 2.57. The molecule has 5 rings (SSSR count). The van der Waals surface area contributed by atoms with E-state index in [1.807, 2.05) is 11.0 Å². The SMILES string of the molecule is CN(N)c1c(N)nc(N2CCCc3c(C#CC4(C(F)(F)F)CC4)cccc32)c2c(F)cccc12. The lowest BCUT2D eigenvalue weighted by molar-refractivity contribution is -0.168. The van der Waals surface area contributed by atoms with Crippen LogP contribution in [0.15, 0.2) is 36.4 Å². The summed E-state index contributed by atoms with van der Waals surface area (Å²) < 4.78 is 55.2. The van der Waals surface area contributed by atoms with Crippen molar-refractivity contribution >= 4 is 33.8 Å². The second kappa shape index (κ2) is 7.77. The maximum atomic E-state index is 15.1. The van der Waals surface area contributed by atoms with Crippen LogP contribution in [0.1, 0.15) is 30.4 Å². The minimum Gasteiger partial charge on any atom is -0.382 e. The van der Waals surface area contributed by atoms with Crippen molar-refractivity contribution in [2.45, 2.75) is 31.9 Å². The van der Waals surface area contributed by atoms with Gasteiger partial charge < -0.3 is 15.6 Å². The van der Waals surface area contributed by atoms with E-state index in [-0.39, 0.29) is 24.0 Å². The first-order valence-electron chi connectivity index (χ1n) is 11.0. The van der Waals surface area contributed by atoms with Gasteiger partial charge in [-0.15, -0.1) is 0 Å². The van der Waals surface area contributed by atoms with Crippen LogP contribution in [0.25, 0.3) is 10.8 Å². The minimum atomic E-state index is -4.34. The van der Waals surface area contributed by atoms with Crippen LogP contribution in [0.4, 0.5) is 40.6 Å². The van der Waals surface area contributed by atoms with Gasteiger partial charge >= 0.3 is 6.18 Å². The molecule has 1 saturated carbocycles. The van der Waals surface area contributed by atoms with Crippen LogP contribution in [0.5, 0.6) is 0 Å². The molecule has 2 heterocycles. The van der Waals surface area contributed by atoms with E-state index in [9.17, 15) is 13.2 Å². The quantitative estimate of drug-likeness (QED) is 0.238. The fourth-order valence-electron chi connectivity index (χ4n) is 4.63. The molecular weight excluding hydrogens is 446 g/mol. The fraction of sp³-hybridized carbons (Fsp3) is 0.320. The molecule has 2 aliphatic rings. The minimum absolute atomic E-state index is 0.0288. The molecule has 5 nitrogen and oxygen atoms in total. The van der Waals surface area contributed by atoms with Gasteiger partial charge in [0, 0.05) is 30.2 Å².